The van der Waals surface area contributed by atoms with Gasteiger partial charge in [0.15, 0.2) is 0 Å². The summed E-state index contributed by atoms with van der Waals surface area (Å²) in [4.78, 5) is 0. The van der Waals surface area contributed by atoms with Gasteiger partial charge in [-0.1, -0.05) is 37.3 Å². The molecule has 3 nitrogen and oxygen atoms in total. The van der Waals surface area contributed by atoms with Crippen LogP contribution in [0.25, 0.3) is 0 Å². The maximum atomic E-state index is 12.3. The van der Waals surface area contributed by atoms with Crippen molar-refractivity contribution in [1.29, 1.82) is 0 Å². The van der Waals surface area contributed by atoms with Crippen molar-refractivity contribution in [2.45, 2.75) is 32.1 Å². The summed E-state index contributed by atoms with van der Waals surface area (Å²) in [6.45, 7) is 0.939. The maximum Gasteiger partial charge on any atom is 0.408 e. The number of benzene rings is 1. The van der Waals surface area contributed by atoms with Crippen molar-refractivity contribution in [3.8, 4) is 0 Å². The zero-order chi connectivity index (χ0) is 14.6. The molecule has 0 aliphatic carbocycles. The van der Waals surface area contributed by atoms with E-state index in [1.807, 2.05) is 37.3 Å². The monoisotopic (exact) mass is 283 g/mol. The van der Waals surface area contributed by atoms with Crippen LogP contribution in [0.4, 0.5) is 19.0 Å². The van der Waals surface area contributed by atoms with Gasteiger partial charge < -0.3 is 5.32 Å². The van der Waals surface area contributed by atoms with Crippen LogP contribution >= 0.6 is 0 Å². The molecule has 1 aromatic heterocycles. The third-order valence-corrected chi connectivity index (χ3v) is 2.91. The number of halogens is 3. The van der Waals surface area contributed by atoms with Crippen LogP contribution in [-0.2, 0) is 6.54 Å². The molecule has 1 atom stereocenters. The Bertz CT molecular complexity index is 534. The van der Waals surface area contributed by atoms with E-state index in [0.29, 0.717) is 5.82 Å². The van der Waals surface area contributed by atoms with Gasteiger partial charge in [0.1, 0.15) is 12.4 Å². The molecule has 2 aromatic rings. The van der Waals surface area contributed by atoms with E-state index < -0.39 is 12.7 Å². The van der Waals surface area contributed by atoms with Gasteiger partial charge in [-0.25, -0.2) is 0 Å². The highest BCUT2D eigenvalue weighted by molar-refractivity contribution is 5.37. The minimum Gasteiger partial charge on any atom is -0.362 e. The predicted octanol–water partition coefficient (Wildman–Crippen LogP) is 4.01. The zero-order valence-corrected chi connectivity index (χ0v) is 11.1. The lowest BCUT2D eigenvalue weighted by molar-refractivity contribution is -0.142. The Kier molecular flexibility index (Phi) is 4.32. The summed E-state index contributed by atoms with van der Waals surface area (Å²) in [7, 11) is 0. The molecule has 0 amide bonds. The summed E-state index contributed by atoms with van der Waals surface area (Å²) in [5.41, 5.74) is 1.08. The second-order valence-corrected chi connectivity index (χ2v) is 4.53. The van der Waals surface area contributed by atoms with Gasteiger partial charge in [0, 0.05) is 12.3 Å². The van der Waals surface area contributed by atoms with Crippen molar-refractivity contribution in [1.82, 2.24) is 9.78 Å². The third kappa shape index (κ3) is 4.01. The lowest BCUT2D eigenvalue weighted by Gasteiger charge is -2.16. The standard InChI is InChI=1S/C14H16F3N3/c1-2-12(11-6-4-3-5-7-11)18-13-8-9-20(19-13)10-14(15,16)17/h3-9,12H,2,10H2,1H3,(H,18,19)/t12-/m1/s1. The first kappa shape index (κ1) is 14.4. The van der Waals surface area contributed by atoms with Crippen LogP contribution in [0.3, 0.4) is 0 Å². The van der Waals surface area contributed by atoms with E-state index in [1.54, 1.807) is 6.07 Å². The molecule has 1 aromatic carbocycles. The first-order valence-corrected chi connectivity index (χ1v) is 6.39. The Balaban J connectivity index is 2.05. The van der Waals surface area contributed by atoms with E-state index in [1.165, 1.54) is 6.20 Å². The molecule has 1 N–H and O–H groups in total. The van der Waals surface area contributed by atoms with Crippen LogP contribution in [0.5, 0.6) is 0 Å². The number of nitrogens with one attached hydrogen (secondary N) is 1. The fraction of sp³-hybridized carbons (Fsp3) is 0.357. The molecule has 0 aliphatic heterocycles. The van der Waals surface area contributed by atoms with Crippen molar-refractivity contribution in [3.63, 3.8) is 0 Å². The van der Waals surface area contributed by atoms with Crippen molar-refractivity contribution < 1.29 is 13.2 Å². The maximum absolute atomic E-state index is 12.3. The summed E-state index contributed by atoms with van der Waals surface area (Å²) in [5, 5.41) is 7.05. The topological polar surface area (TPSA) is 29.9 Å². The quantitative estimate of drug-likeness (QED) is 0.898. The molecule has 0 saturated carbocycles. The van der Waals surface area contributed by atoms with E-state index in [0.717, 1.165) is 16.7 Å². The summed E-state index contributed by atoms with van der Waals surface area (Å²) in [5.74, 6) is 0.449. The van der Waals surface area contributed by atoms with Crippen LogP contribution in [0, 0.1) is 0 Å². The molecule has 0 fully saturated rings. The molecule has 0 saturated heterocycles. The molecule has 2 rings (SSSR count). The van der Waals surface area contributed by atoms with Crippen LogP contribution < -0.4 is 5.32 Å². The highest BCUT2D eigenvalue weighted by Gasteiger charge is 2.28. The average Bonchev–Trinajstić information content (AvgIpc) is 2.82. The first-order valence-electron chi connectivity index (χ1n) is 6.39. The number of rotatable bonds is 5. The molecule has 0 bridgehead atoms. The molecule has 0 radical (unpaired) electrons. The Labute approximate surface area is 115 Å². The van der Waals surface area contributed by atoms with Gasteiger partial charge in [-0.05, 0) is 12.0 Å². The number of hydrogen-bond acceptors (Lipinski definition) is 2. The molecule has 0 aliphatic rings. The molecule has 0 spiro atoms. The molecular weight excluding hydrogens is 267 g/mol. The summed E-state index contributed by atoms with van der Waals surface area (Å²) < 4.78 is 37.7. The van der Waals surface area contributed by atoms with Gasteiger partial charge in [-0.3, -0.25) is 4.68 Å². The van der Waals surface area contributed by atoms with Gasteiger partial charge in [0.05, 0.1) is 6.04 Å². The smallest absolute Gasteiger partial charge is 0.362 e. The van der Waals surface area contributed by atoms with E-state index in [9.17, 15) is 13.2 Å². The van der Waals surface area contributed by atoms with Crippen molar-refractivity contribution >= 4 is 5.82 Å². The molecule has 20 heavy (non-hydrogen) atoms. The van der Waals surface area contributed by atoms with Gasteiger partial charge >= 0.3 is 6.18 Å². The summed E-state index contributed by atoms with van der Waals surface area (Å²) >= 11 is 0. The van der Waals surface area contributed by atoms with Crippen LogP contribution in [0.1, 0.15) is 24.9 Å². The average molecular weight is 283 g/mol. The van der Waals surface area contributed by atoms with Crippen molar-refractivity contribution in [3.05, 3.63) is 48.2 Å². The summed E-state index contributed by atoms with van der Waals surface area (Å²) in [6, 6.07) is 11.3. The number of alkyl halides is 3. The lowest BCUT2D eigenvalue weighted by atomic mass is 10.1. The highest BCUT2D eigenvalue weighted by atomic mass is 19.4. The Hall–Kier alpha value is -1.98. The molecule has 1 heterocycles. The van der Waals surface area contributed by atoms with Crippen LogP contribution in [0.15, 0.2) is 42.6 Å². The van der Waals surface area contributed by atoms with Crippen molar-refractivity contribution in [2.75, 3.05) is 5.32 Å². The van der Waals surface area contributed by atoms with Gasteiger partial charge in [-0.2, -0.15) is 18.3 Å². The normalized spacial score (nSPS) is 13.2. The molecule has 108 valence electrons. The van der Waals surface area contributed by atoms with E-state index in [-0.39, 0.29) is 6.04 Å². The number of aromatic nitrogens is 2. The molecule has 0 unspecified atom stereocenters. The third-order valence-electron chi connectivity index (χ3n) is 2.91. The molecular formula is C14H16F3N3. The minimum atomic E-state index is -4.26. The van der Waals surface area contributed by atoms with Crippen LogP contribution in [0.2, 0.25) is 0 Å². The van der Waals surface area contributed by atoms with Gasteiger partial charge in [-0.15, -0.1) is 0 Å². The van der Waals surface area contributed by atoms with Gasteiger partial charge in [0.25, 0.3) is 0 Å². The highest BCUT2D eigenvalue weighted by Crippen LogP contribution is 2.22. The van der Waals surface area contributed by atoms with E-state index in [4.69, 9.17) is 0 Å². The minimum absolute atomic E-state index is 0.0328. The predicted molar refractivity (Wildman–Crippen MR) is 71.4 cm³/mol. The fourth-order valence-electron chi connectivity index (χ4n) is 2.00. The van der Waals surface area contributed by atoms with E-state index >= 15 is 0 Å². The van der Waals surface area contributed by atoms with Gasteiger partial charge in [0.2, 0.25) is 0 Å². The number of nitrogens with zero attached hydrogens (tertiary/aromatic N) is 2. The second-order valence-electron chi connectivity index (χ2n) is 4.53. The fourth-order valence-corrected chi connectivity index (χ4v) is 2.00. The zero-order valence-electron chi connectivity index (χ0n) is 11.1. The lowest BCUT2D eigenvalue weighted by Crippen LogP contribution is -2.18. The summed E-state index contributed by atoms with van der Waals surface area (Å²) in [6.07, 6.45) is -2.11. The number of anilines is 1. The largest absolute Gasteiger partial charge is 0.408 e. The van der Waals surface area contributed by atoms with Crippen LogP contribution in [-0.4, -0.2) is 16.0 Å². The first-order chi connectivity index (χ1) is 9.48. The van der Waals surface area contributed by atoms with E-state index in [2.05, 4.69) is 10.4 Å². The Morgan fingerprint density at radius 3 is 2.50 bits per heavy atom. The number of hydrogen-bond donors (Lipinski definition) is 1. The van der Waals surface area contributed by atoms with Crippen molar-refractivity contribution in [2.24, 2.45) is 0 Å². The second kappa shape index (κ2) is 5.98. The molecule has 6 heteroatoms. The Morgan fingerprint density at radius 2 is 1.90 bits per heavy atom. The Morgan fingerprint density at radius 1 is 1.20 bits per heavy atom. The SMILES string of the molecule is CC[C@@H](Nc1ccn(CC(F)(F)F)n1)c1ccccc1.